The fourth-order valence-corrected chi connectivity index (χ4v) is 3.10. The van der Waals surface area contributed by atoms with Crippen molar-refractivity contribution in [2.45, 2.75) is 0 Å². The van der Waals surface area contributed by atoms with Crippen LogP contribution in [0.15, 0.2) is 47.5 Å². The molecule has 4 aromatic heterocycles. The molecule has 0 atom stereocenters. The van der Waals surface area contributed by atoms with Gasteiger partial charge in [-0.25, -0.2) is 23.7 Å². The summed E-state index contributed by atoms with van der Waals surface area (Å²) < 4.78 is 33.2. The molecule has 0 aromatic carbocycles. The first kappa shape index (κ1) is 20.5. The van der Waals surface area contributed by atoms with Crippen LogP contribution in [0.1, 0.15) is 0 Å². The maximum atomic E-state index is 13.4. The lowest BCUT2D eigenvalue weighted by Crippen LogP contribution is -1.94. The summed E-state index contributed by atoms with van der Waals surface area (Å²) >= 11 is 3.02. The van der Waals surface area contributed by atoms with Crippen molar-refractivity contribution in [3.8, 4) is 17.0 Å². The number of pyridine rings is 3. The molecule has 0 aliphatic rings. The van der Waals surface area contributed by atoms with E-state index in [1.54, 1.807) is 13.3 Å². The molecule has 0 aliphatic heterocycles. The summed E-state index contributed by atoms with van der Waals surface area (Å²) in [6, 6.07) is 4.49. The SMILES string of the molecule is COc1nccc2c(-c3cc(F)cnc3N)cn(C)c12.Nc1ncc(F)cc1Br. The lowest BCUT2D eigenvalue weighted by atomic mass is 10.1. The van der Waals surface area contributed by atoms with Crippen LogP contribution in [0.4, 0.5) is 20.4 Å². The third-order valence-corrected chi connectivity index (χ3v) is 4.70. The highest BCUT2D eigenvalue weighted by Gasteiger charge is 2.16. The number of nitrogens with zero attached hydrogens (tertiary/aromatic N) is 4. The van der Waals surface area contributed by atoms with Crippen molar-refractivity contribution in [2.75, 3.05) is 18.6 Å². The van der Waals surface area contributed by atoms with Gasteiger partial charge in [-0.2, -0.15) is 0 Å². The quantitative estimate of drug-likeness (QED) is 0.467. The molecule has 0 saturated carbocycles. The van der Waals surface area contributed by atoms with Gasteiger partial charge < -0.3 is 20.8 Å². The van der Waals surface area contributed by atoms with Gasteiger partial charge in [-0.15, -0.1) is 0 Å². The summed E-state index contributed by atoms with van der Waals surface area (Å²) in [5.41, 5.74) is 13.3. The molecule has 0 amide bonds. The van der Waals surface area contributed by atoms with E-state index in [0.29, 0.717) is 21.7 Å². The Hall–Kier alpha value is -3.27. The third-order valence-electron chi connectivity index (χ3n) is 4.06. The first-order valence-electron chi connectivity index (χ1n) is 8.27. The van der Waals surface area contributed by atoms with Gasteiger partial charge in [0.2, 0.25) is 5.88 Å². The Morgan fingerprint density at radius 1 is 1.00 bits per heavy atom. The number of methoxy groups -OCH3 is 1. The maximum absolute atomic E-state index is 13.4. The normalized spacial score (nSPS) is 10.5. The summed E-state index contributed by atoms with van der Waals surface area (Å²) in [6.07, 6.45) is 5.68. The van der Waals surface area contributed by atoms with Crippen LogP contribution in [0.3, 0.4) is 0 Å². The van der Waals surface area contributed by atoms with E-state index in [1.807, 2.05) is 23.9 Å². The molecular formula is C19H17BrF2N6O. The van der Waals surface area contributed by atoms with Gasteiger partial charge >= 0.3 is 0 Å². The molecule has 150 valence electrons. The van der Waals surface area contributed by atoms with E-state index >= 15 is 0 Å². The third kappa shape index (κ3) is 4.27. The zero-order valence-electron chi connectivity index (χ0n) is 15.5. The van der Waals surface area contributed by atoms with Crippen LogP contribution >= 0.6 is 15.9 Å². The van der Waals surface area contributed by atoms with E-state index in [-0.39, 0.29) is 5.82 Å². The van der Waals surface area contributed by atoms with Gasteiger partial charge in [-0.05, 0) is 34.1 Å². The molecule has 0 unspecified atom stereocenters. The number of hydrogen-bond donors (Lipinski definition) is 2. The Morgan fingerprint density at radius 2 is 1.66 bits per heavy atom. The smallest absolute Gasteiger partial charge is 0.238 e. The second kappa shape index (κ2) is 8.39. The Labute approximate surface area is 173 Å². The molecule has 0 aliphatic carbocycles. The Morgan fingerprint density at radius 3 is 2.28 bits per heavy atom. The number of fused-ring (bicyclic) bond motifs is 1. The summed E-state index contributed by atoms with van der Waals surface area (Å²) in [7, 11) is 3.44. The van der Waals surface area contributed by atoms with E-state index in [2.05, 4.69) is 30.9 Å². The molecule has 7 nitrogen and oxygen atoms in total. The second-order valence-corrected chi connectivity index (χ2v) is 6.83. The number of aryl methyl sites for hydroxylation is 1. The molecule has 4 heterocycles. The Balaban J connectivity index is 0.000000224. The van der Waals surface area contributed by atoms with Crippen molar-refractivity contribution in [1.82, 2.24) is 19.5 Å². The molecule has 4 N–H and O–H groups in total. The monoisotopic (exact) mass is 462 g/mol. The van der Waals surface area contributed by atoms with Crippen molar-refractivity contribution in [3.05, 3.63) is 59.1 Å². The molecule has 0 saturated heterocycles. The minimum atomic E-state index is -0.424. The van der Waals surface area contributed by atoms with E-state index in [1.165, 1.54) is 12.1 Å². The molecular weight excluding hydrogens is 446 g/mol. The van der Waals surface area contributed by atoms with Crippen LogP contribution in [-0.4, -0.2) is 26.6 Å². The van der Waals surface area contributed by atoms with Crippen LogP contribution in [0.2, 0.25) is 0 Å². The van der Waals surface area contributed by atoms with Crippen molar-refractivity contribution in [2.24, 2.45) is 7.05 Å². The summed E-state index contributed by atoms with van der Waals surface area (Å²) in [6.45, 7) is 0. The standard InChI is InChI=1S/C14H13FN4O.C5H4BrFN2/c1-19-7-11(10-5-8(15)6-18-13(10)16)9-3-4-17-14(20-2)12(9)19;6-4-1-3(7)2-9-5(4)8/h3-7H,1-2H3,(H2,16,18);1-2H,(H2,8,9). The number of ether oxygens (including phenoxy) is 1. The van der Waals surface area contributed by atoms with E-state index < -0.39 is 11.6 Å². The van der Waals surface area contributed by atoms with Gasteiger partial charge in [0.1, 0.15) is 28.8 Å². The zero-order valence-corrected chi connectivity index (χ0v) is 17.1. The first-order chi connectivity index (χ1) is 13.8. The number of nitrogen functional groups attached to an aromatic ring is 2. The summed E-state index contributed by atoms with van der Waals surface area (Å²) in [4.78, 5) is 11.6. The number of rotatable bonds is 2. The molecule has 4 aromatic rings. The highest BCUT2D eigenvalue weighted by molar-refractivity contribution is 9.10. The highest BCUT2D eigenvalue weighted by Crippen LogP contribution is 2.35. The predicted molar refractivity (Wildman–Crippen MR) is 111 cm³/mol. The van der Waals surface area contributed by atoms with Gasteiger partial charge in [-0.3, -0.25) is 0 Å². The predicted octanol–water partition coefficient (Wildman–Crippen LogP) is 3.93. The fraction of sp³-hybridized carbons (Fsp3) is 0.105. The molecule has 0 fully saturated rings. The second-order valence-electron chi connectivity index (χ2n) is 5.98. The minimum Gasteiger partial charge on any atom is -0.479 e. The number of aromatic nitrogens is 4. The largest absolute Gasteiger partial charge is 0.479 e. The Bertz CT molecular complexity index is 1180. The number of nitrogens with two attached hydrogens (primary N) is 2. The van der Waals surface area contributed by atoms with Crippen molar-refractivity contribution >= 4 is 38.5 Å². The van der Waals surface area contributed by atoms with Gasteiger partial charge in [0, 0.05) is 36.0 Å². The first-order valence-corrected chi connectivity index (χ1v) is 9.07. The van der Waals surface area contributed by atoms with Gasteiger partial charge in [-0.1, -0.05) is 0 Å². The van der Waals surface area contributed by atoms with Crippen LogP contribution < -0.4 is 16.2 Å². The average Bonchev–Trinajstić information content (AvgIpc) is 3.04. The summed E-state index contributed by atoms with van der Waals surface area (Å²) in [5, 5.41) is 0.887. The maximum Gasteiger partial charge on any atom is 0.238 e. The van der Waals surface area contributed by atoms with E-state index in [9.17, 15) is 8.78 Å². The van der Waals surface area contributed by atoms with Crippen molar-refractivity contribution in [3.63, 3.8) is 0 Å². The number of hydrogen-bond acceptors (Lipinski definition) is 6. The molecule has 4 rings (SSSR count). The topological polar surface area (TPSA) is 105 Å². The lowest BCUT2D eigenvalue weighted by Gasteiger charge is -2.04. The fourth-order valence-electron chi connectivity index (χ4n) is 2.78. The highest BCUT2D eigenvalue weighted by atomic mass is 79.9. The zero-order chi connectivity index (χ0) is 21.1. The van der Waals surface area contributed by atoms with Gasteiger partial charge in [0.15, 0.2) is 0 Å². The van der Waals surface area contributed by atoms with Crippen LogP contribution in [0.5, 0.6) is 5.88 Å². The number of halogens is 3. The molecule has 10 heteroatoms. The van der Waals surface area contributed by atoms with Gasteiger partial charge in [0.05, 0.1) is 24.0 Å². The van der Waals surface area contributed by atoms with E-state index in [0.717, 1.165) is 28.9 Å². The Kier molecular flexibility index (Phi) is 5.92. The molecule has 0 radical (unpaired) electrons. The van der Waals surface area contributed by atoms with Gasteiger partial charge in [0.25, 0.3) is 0 Å². The lowest BCUT2D eigenvalue weighted by molar-refractivity contribution is 0.401. The van der Waals surface area contributed by atoms with Crippen LogP contribution in [0, 0.1) is 11.6 Å². The van der Waals surface area contributed by atoms with Crippen molar-refractivity contribution in [1.29, 1.82) is 0 Å². The van der Waals surface area contributed by atoms with Crippen LogP contribution in [-0.2, 0) is 7.05 Å². The van der Waals surface area contributed by atoms with E-state index in [4.69, 9.17) is 16.2 Å². The number of anilines is 2. The van der Waals surface area contributed by atoms with Crippen molar-refractivity contribution < 1.29 is 13.5 Å². The average molecular weight is 463 g/mol. The minimum absolute atomic E-state index is 0.287. The molecule has 0 spiro atoms. The molecule has 0 bridgehead atoms. The summed E-state index contributed by atoms with van der Waals surface area (Å²) in [5.74, 6) is 0.286. The van der Waals surface area contributed by atoms with Crippen LogP contribution in [0.25, 0.3) is 22.0 Å². The molecule has 29 heavy (non-hydrogen) atoms.